The Morgan fingerprint density at radius 1 is 1.06 bits per heavy atom. The van der Waals surface area contributed by atoms with Crippen molar-refractivity contribution in [2.24, 2.45) is 11.8 Å². The summed E-state index contributed by atoms with van der Waals surface area (Å²) in [5.41, 5.74) is 3.21. The lowest BCUT2D eigenvalue weighted by molar-refractivity contribution is -0.0263. The first-order valence-electron chi connectivity index (χ1n) is 7.25. The molecule has 1 heterocycles. The van der Waals surface area contributed by atoms with Crippen molar-refractivity contribution in [3.8, 4) is 0 Å². The Morgan fingerprint density at radius 2 is 1.89 bits per heavy atom. The van der Waals surface area contributed by atoms with Gasteiger partial charge < -0.3 is 4.74 Å². The summed E-state index contributed by atoms with van der Waals surface area (Å²) in [6.45, 7) is 1.000. The van der Waals surface area contributed by atoms with Gasteiger partial charge in [-0.05, 0) is 49.5 Å². The fraction of sp³-hybridized carbons (Fsp3) is 0.529. The van der Waals surface area contributed by atoms with Crippen molar-refractivity contribution in [1.29, 1.82) is 0 Å². The average molecular weight is 240 g/mol. The molecule has 1 spiro atoms. The molecule has 0 unspecified atom stereocenters. The van der Waals surface area contributed by atoms with Crippen LogP contribution in [0.25, 0.3) is 6.08 Å². The van der Waals surface area contributed by atoms with Gasteiger partial charge in [-0.25, -0.2) is 0 Å². The van der Waals surface area contributed by atoms with Crippen LogP contribution in [0.3, 0.4) is 0 Å². The molecule has 18 heavy (non-hydrogen) atoms. The van der Waals surface area contributed by atoms with Gasteiger partial charge in [0.1, 0.15) is 0 Å². The Bertz CT molecular complexity index is 476. The van der Waals surface area contributed by atoms with Crippen molar-refractivity contribution in [3.63, 3.8) is 0 Å². The first-order valence-corrected chi connectivity index (χ1v) is 7.25. The lowest BCUT2D eigenvalue weighted by atomic mass is 9.87. The molecule has 0 amide bonds. The maximum atomic E-state index is 6.22. The monoisotopic (exact) mass is 240 g/mol. The van der Waals surface area contributed by atoms with Gasteiger partial charge in [-0.1, -0.05) is 42.0 Å². The molecule has 2 saturated carbocycles. The van der Waals surface area contributed by atoms with E-state index in [0.29, 0.717) is 0 Å². The van der Waals surface area contributed by atoms with E-state index in [1.54, 1.807) is 5.57 Å². The van der Waals surface area contributed by atoms with Crippen LogP contribution in [0, 0.1) is 11.8 Å². The van der Waals surface area contributed by atoms with Crippen molar-refractivity contribution in [3.05, 3.63) is 41.5 Å². The van der Waals surface area contributed by atoms with Crippen molar-refractivity contribution in [1.82, 2.24) is 0 Å². The molecule has 4 rings (SSSR count). The molecule has 3 aliphatic rings. The third-order valence-electron chi connectivity index (χ3n) is 5.27. The van der Waals surface area contributed by atoms with Crippen molar-refractivity contribution in [2.75, 3.05) is 6.61 Å². The summed E-state index contributed by atoms with van der Waals surface area (Å²) in [6.07, 6.45) is 8.95. The molecule has 3 atom stereocenters. The van der Waals surface area contributed by atoms with Gasteiger partial charge in [-0.15, -0.1) is 0 Å². The van der Waals surface area contributed by atoms with Crippen LogP contribution in [0.15, 0.2) is 35.9 Å². The molecule has 0 N–H and O–H groups in total. The van der Waals surface area contributed by atoms with E-state index in [2.05, 4.69) is 36.4 Å². The first-order chi connectivity index (χ1) is 8.87. The quantitative estimate of drug-likeness (QED) is 0.719. The Kier molecular flexibility index (Phi) is 2.38. The Balaban J connectivity index is 1.62. The molecule has 1 nitrogen and oxygen atoms in total. The predicted octanol–water partition coefficient (Wildman–Crippen LogP) is 4.05. The minimum atomic E-state index is 0.251. The van der Waals surface area contributed by atoms with Gasteiger partial charge in [0.2, 0.25) is 0 Å². The highest BCUT2D eigenvalue weighted by molar-refractivity contribution is 5.54. The maximum Gasteiger partial charge on any atom is 0.0779 e. The molecule has 2 aliphatic carbocycles. The number of benzene rings is 1. The minimum absolute atomic E-state index is 0.251. The van der Waals surface area contributed by atoms with E-state index in [9.17, 15) is 0 Å². The molecule has 0 radical (unpaired) electrons. The highest BCUT2D eigenvalue weighted by Crippen LogP contribution is 2.58. The van der Waals surface area contributed by atoms with Gasteiger partial charge in [0.15, 0.2) is 0 Å². The van der Waals surface area contributed by atoms with E-state index in [1.165, 1.54) is 37.7 Å². The molecular weight excluding hydrogens is 220 g/mol. The first kappa shape index (κ1) is 10.8. The second-order valence-corrected chi connectivity index (χ2v) is 6.16. The number of hydrogen-bond donors (Lipinski definition) is 0. The van der Waals surface area contributed by atoms with Crippen LogP contribution < -0.4 is 0 Å². The lowest BCUT2D eigenvalue weighted by Crippen LogP contribution is -2.33. The molecule has 94 valence electrons. The van der Waals surface area contributed by atoms with Crippen LogP contribution in [0.2, 0.25) is 0 Å². The van der Waals surface area contributed by atoms with Gasteiger partial charge in [-0.3, -0.25) is 0 Å². The SMILES string of the molecule is C(=C1/C[C@@H]2CC[C@@H]3CCO[C@@]32C1)/c1ccccc1. The van der Waals surface area contributed by atoms with Crippen molar-refractivity contribution < 1.29 is 4.74 Å². The molecule has 0 aromatic heterocycles. The summed E-state index contributed by atoms with van der Waals surface area (Å²) in [5, 5.41) is 0. The Morgan fingerprint density at radius 3 is 2.78 bits per heavy atom. The van der Waals surface area contributed by atoms with Crippen molar-refractivity contribution in [2.45, 2.75) is 37.7 Å². The van der Waals surface area contributed by atoms with E-state index in [0.717, 1.165) is 18.4 Å². The summed E-state index contributed by atoms with van der Waals surface area (Å²) in [7, 11) is 0. The van der Waals surface area contributed by atoms with Crippen LogP contribution in [0.5, 0.6) is 0 Å². The Hall–Kier alpha value is -1.08. The highest BCUT2D eigenvalue weighted by atomic mass is 16.5. The number of rotatable bonds is 1. The summed E-state index contributed by atoms with van der Waals surface area (Å²) in [5.74, 6) is 1.66. The predicted molar refractivity (Wildman–Crippen MR) is 73.2 cm³/mol. The average Bonchev–Trinajstić information content (AvgIpc) is 2.99. The van der Waals surface area contributed by atoms with E-state index < -0.39 is 0 Å². The van der Waals surface area contributed by atoms with Crippen LogP contribution in [0.1, 0.15) is 37.7 Å². The number of hydrogen-bond acceptors (Lipinski definition) is 1. The molecular formula is C17H20O. The van der Waals surface area contributed by atoms with E-state index in [4.69, 9.17) is 4.74 Å². The zero-order valence-corrected chi connectivity index (χ0v) is 10.8. The third kappa shape index (κ3) is 1.50. The fourth-order valence-electron chi connectivity index (χ4n) is 4.49. The zero-order valence-electron chi connectivity index (χ0n) is 10.8. The zero-order chi connectivity index (χ0) is 12.0. The normalized spacial score (nSPS) is 40.1. The topological polar surface area (TPSA) is 9.23 Å². The number of ether oxygens (including phenoxy) is 1. The lowest BCUT2D eigenvalue weighted by Gasteiger charge is -2.28. The largest absolute Gasteiger partial charge is 0.374 e. The van der Waals surface area contributed by atoms with E-state index in [1.807, 2.05) is 0 Å². The van der Waals surface area contributed by atoms with Crippen LogP contribution >= 0.6 is 0 Å². The molecule has 1 saturated heterocycles. The molecule has 1 aromatic carbocycles. The van der Waals surface area contributed by atoms with Crippen LogP contribution in [0.4, 0.5) is 0 Å². The van der Waals surface area contributed by atoms with Crippen molar-refractivity contribution >= 4 is 6.08 Å². The van der Waals surface area contributed by atoms with E-state index >= 15 is 0 Å². The molecule has 0 bridgehead atoms. The summed E-state index contributed by atoms with van der Waals surface area (Å²) in [4.78, 5) is 0. The molecule has 1 aromatic rings. The standard InChI is InChI=1S/C17H20O/c1-2-4-13(5-3-1)10-14-11-16-7-6-15-8-9-18-17(15,16)12-14/h1-5,10,15-16H,6-9,11-12H2/b14-10+/t15-,16+,17+/m1/s1. The van der Waals surface area contributed by atoms with Gasteiger partial charge in [0, 0.05) is 6.61 Å². The van der Waals surface area contributed by atoms with Gasteiger partial charge in [-0.2, -0.15) is 0 Å². The maximum absolute atomic E-state index is 6.22. The second kappa shape index (κ2) is 3.96. The van der Waals surface area contributed by atoms with Gasteiger partial charge >= 0.3 is 0 Å². The molecule has 1 heteroatoms. The Labute approximate surface area is 109 Å². The molecule has 1 aliphatic heterocycles. The van der Waals surface area contributed by atoms with Gasteiger partial charge in [0.25, 0.3) is 0 Å². The summed E-state index contributed by atoms with van der Waals surface area (Å²) in [6, 6.07) is 10.7. The summed E-state index contributed by atoms with van der Waals surface area (Å²) >= 11 is 0. The smallest absolute Gasteiger partial charge is 0.0779 e. The third-order valence-corrected chi connectivity index (χ3v) is 5.27. The molecule has 3 fully saturated rings. The fourth-order valence-corrected chi connectivity index (χ4v) is 4.49. The van der Waals surface area contributed by atoms with Crippen LogP contribution in [-0.4, -0.2) is 12.2 Å². The summed E-state index contributed by atoms with van der Waals surface area (Å²) < 4.78 is 6.22. The van der Waals surface area contributed by atoms with Gasteiger partial charge in [0.05, 0.1) is 5.60 Å². The van der Waals surface area contributed by atoms with E-state index in [-0.39, 0.29) is 5.60 Å². The second-order valence-electron chi connectivity index (χ2n) is 6.16. The highest BCUT2D eigenvalue weighted by Gasteiger charge is 2.57. The van der Waals surface area contributed by atoms with Crippen LogP contribution in [-0.2, 0) is 4.74 Å². The minimum Gasteiger partial charge on any atom is -0.374 e.